The van der Waals surface area contributed by atoms with Crippen LogP contribution in [0.25, 0.3) is 0 Å². The third-order valence-electron chi connectivity index (χ3n) is 2.18. The van der Waals surface area contributed by atoms with Crippen molar-refractivity contribution in [2.75, 3.05) is 0 Å². The van der Waals surface area contributed by atoms with E-state index in [2.05, 4.69) is 10.1 Å². The van der Waals surface area contributed by atoms with Crippen LogP contribution in [0, 0.1) is 0 Å². The molecule has 1 aromatic carbocycles. The number of phenols is 1. The molecule has 0 atom stereocenters. The van der Waals surface area contributed by atoms with Crippen molar-refractivity contribution in [2.45, 2.75) is 19.8 Å². The molecule has 0 bridgehead atoms. The molecule has 0 fully saturated rings. The molecule has 17 heavy (non-hydrogen) atoms. The topological polar surface area (TPSA) is 76.2 Å². The molecule has 1 heterocycles. The predicted molar refractivity (Wildman–Crippen MR) is 59.6 cm³/mol. The van der Waals surface area contributed by atoms with Crippen molar-refractivity contribution < 1.29 is 14.4 Å². The van der Waals surface area contributed by atoms with Crippen LogP contribution in [0.3, 0.4) is 0 Å². The summed E-state index contributed by atoms with van der Waals surface area (Å²) in [5.41, 5.74) is 0.889. The molecule has 0 saturated carbocycles. The van der Waals surface area contributed by atoms with Gasteiger partial charge in [-0.05, 0) is 24.6 Å². The molecule has 0 aliphatic rings. The smallest absolute Gasteiger partial charge is 0.234 e. The van der Waals surface area contributed by atoms with E-state index in [9.17, 15) is 9.90 Å². The summed E-state index contributed by atoms with van der Waals surface area (Å²) in [6.45, 7) is 1.47. The number of aromatic nitrogens is 2. The van der Waals surface area contributed by atoms with Crippen molar-refractivity contribution in [3.8, 4) is 5.75 Å². The van der Waals surface area contributed by atoms with Crippen molar-refractivity contribution >= 4 is 5.78 Å². The fourth-order valence-electron chi connectivity index (χ4n) is 1.50. The Morgan fingerprint density at radius 2 is 2.29 bits per heavy atom. The second kappa shape index (κ2) is 4.78. The van der Waals surface area contributed by atoms with Crippen molar-refractivity contribution in [1.29, 1.82) is 0 Å². The minimum atomic E-state index is -0.0162. The van der Waals surface area contributed by atoms with Crippen LogP contribution < -0.4 is 0 Å². The van der Waals surface area contributed by atoms with E-state index in [0.29, 0.717) is 18.1 Å². The second-order valence-corrected chi connectivity index (χ2v) is 3.83. The Labute approximate surface area is 98.1 Å². The zero-order valence-electron chi connectivity index (χ0n) is 9.38. The molecule has 1 aromatic heterocycles. The van der Waals surface area contributed by atoms with Gasteiger partial charge >= 0.3 is 0 Å². The van der Waals surface area contributed by atoms with Gasteiger partial charge in [-0.3, -0.25) is 4.79 Å². The van der Waals surface area contributed by atoms with Gasteiger partial charge in [-0.2, -0.15) is 4.98 Å². The first-order valence-corrected chi connectivity index (χ1v) is 5.22. The minimum Gasteiger partial charge on any atom is -0.508 e. The molecule has 0 amide bonds. The molecule has 0 aliphatic carbocycles. The summed E-state index contributed by atoms with van der Waals surface area (Å²) >= 11 is 0. The molecule has 0 spiro atoms. The molecule has 88 valence electrons. The number of phenolic OH excluding ortho intramolecular Hbond substituents is 1. The van der Waals surface area contributed by atoms with Crippen LogP contribution in [0.2, 0.25) is 0 Å². The maximum Gasteiger partial charge on any atom is 0.234 e. The van der Waals surface area contributed by atoms with Gasteiger partial charge in [0.15, 0.2) is 5.82 Å². The van der Waals surface area contributed by atoms with Gasteiger partial charge in [-0.1, -0.05) is 17.3 Å². The summed E-state index contributed by atoms with van der Waals surface area (Å²) in [4.78, 5) is 15.0. The zero-order chi connectivity index (χ0) is 12.3. The van der Waals surface area contributed by atoms with Crippen LogP contribution in [-0.2, 0) is 17.6 Å². The van der Waals surface area contributed by atoms with Crippen molar-refractivity contribution in [2.24, 2.45) is 0 Å². The minimum absolute atomic E-state index is 0.0162. The lowest BCUT2D eigenvalue weighted by Crippen LogP contribution is -1.97. The molecule has 0 unspecified atom stereocenters. The Morgan fingerprint density at radius 1 is 1.47 bits per heavy atom. The quantitative estimate of drug-likeness (QED) is 0.864. The van der Waals surface area contributed by atoms with Crippen LogP contribution in [0.4, 0.5) is 0 Å². The Morgan fingerprint density at radius 3 is 3.00 bits per heavy atom. The average Bonchev–Trinajstić information content (AvgIpc) is 2.64. The number of carbonyl (C=O) groups excluding carboxylic acids is 1. The first-order valence-electron chi connectivity index (χ1n) is 5.22. The van der Waals surface area contributed by atoms with E-state index in [1.165, 1.54) is 6.92 Å². The van der Waals surface area contributed by atoms with Gasteiger partial charge in [-0.15, -0.1) is 0 Å². The van der Waals surface area contributed by atoms with Gasteiger partial charge in [0.05, 0.1) is 6.42 Å². The van der Waals surface area contributed by atoms with Gasteiger partial charge in [0.25, 0.3) is 0 Å². The molecule has 1 N–H and O–H groups in total. The van der Waals surface area contributed by atoms with Crippen LogP contribution in [0.15, 0.2) is 28.8 Å². The number of aromatic hydroxyl groups is 1. The summed E-state index contributed by atoms with van der Waals surface area (Å²) in [5.74, 6) is 1.02. The highest BCUT2D eigenvalue weighted by atomic mass is 16.5. The first kappa shape index (κ1) is 11.3. The van der Waals surface area contributed by atoms with E-state index >= 15 is 0 Å². The van der Waals surface area contributed by atoms with Crippen LogP contribution in [0.1, 0.15) is 24.2 Å². The molecule has 0 aliphatic heterocycles. The number of Topliss-reactive ketones (excluding diaryl/α,β-unsaturated/α-hetero) is 1. The summed E-state index contributed by atoms with van der Waals surface area (Å²) in [6, 6.07) is 6.85. The Hall–Kier alpha value is -2.17. The number of carbonyl (C=O) groups is 1. The number of hydrogen-bond acceptors (Lipinski definition) is 5. The summed E-state index contributed by atoms with van der Waals surface area (Å²) in [7, 11) is 0. The van der Waals surface area contributed by atoms with Crippen LogP contribution in [-0.4, -0.2) is 21.0 Å². The number of hydrogen-bond donors (Lipinski definition) is 1. The lowest BCUT2D eigenvalue weighted by Gasteiger charge is -1.96. The highest BCUT2D eigenvalue weighted by Crippen LogP contribution is 2.13. The molecule has 2 aromatic rings. The molecule has 0 saturated heterocycles. The van der Waals surface area contributed by atoms with Crippen LogP contribution in [0.5, 0.6) is 5.75 Å². The first-order chi connectivity index (χ1) is 8.13. The Kier molecular flexibility index (Phi) is 3.18. The summed E-state index contributed by atoms with van der Waals surface area (Å²) in [5, 5.41) is 13.1. The number of ketones is 1. The van der Waals surface area contributed by atoms with Gasteiger partial charge in [0, 0.05) is 6.42 Å². The monoisotopic (exact) mass is 232 g/mol. The number of nitrogens with zero attached hydrogens (tertiary/aromatic N) is 2. The van der Waals surface area contributed by atoms with E-state index in [1.54, 1.807) is 18.2 Å². The molecule has 0 radical (unpaired) electrons. The van der Waals surface area contributed by atoms with E-state index in [-0.39, 0.29) is 18.0 Å². The van der Waals surface area contributed by atoms with E-state index in [0.717, 1.165) is 5.56 Å². The SMILES string of the molecule is CC(=O)Cc1nc(Cc2cccc(O)c2)no1. The molecule has 2 rings (SSSR count). The van der Waals surface area contributed by atoms with E-state index < -0.39 is 0 Å². The standard InChI is InChI=1S/C12H12N2O3/c1-8(15)5-12-13-11(14-17-12)7-9-3-2-4-10(16)6-9/h2-4,6,16H,5,7H2,1H3. The Balaban J connectivity index is 2.08. The van der Waals surface area contributed by atoms with Gasteiger partial charge in [0.1, 0.15) is 11.5 Å². The predicted octanol–water partition coefficient (Wildman–Crippen LogP) is 1.50. The van der Waals surface area contributed by atoms with E-state index in [4.69, 9.17) is 4.52 Å². The van der Waals surface area contributed by atoms with Crippen molar-refractivity contribution in [1.82, 2.24) is 10.1 Å². The second-order valence-electron chi connectivity index (χ2n) is 3.83. The maximum atomic E-state index is 10.9. The molecule has 5 nitrogen and oxygen atoms in total. The highest BCUT2D eigenvalue weighted by Gasteiger charge is 2.09. The third-order valence-corrected chi connectivity index (χ3v) is 2.18. The van der Waals surface area contributed by atoms with E-state index in [1.807, 2.05) is 6.07 Å². The normalized spacial score (nSPS) is 10.4. The summed E-state index contributed by atoms with van der Waals surface area (Å²) in [6.07, 6.45) is 0.628. The average molecular weight is 232 g/mol. The Bertz CT molecular complexity index is 534. The lowest BCUT2D eigenvalue weighted by atomic mass is 10.1. The molecule has 5 heteroatoms. The van der Waals surface area contributed by atoms with Crippen molar-refractivity contribution in [3.63, 3.8) is 0 Å². The highest BCUT2D eigenvalue weighted by molar-refractivity contribution is 5.77. The maximum absolute atomic E-state index is 10.9. The van der Waals surface area contributed by atoms with Gasteiger partial charge in [0.2, 0.25) is 5.89 Å². The summed E-state index contributed by atoms with van der Waals surface area (Å²) < 4.78 is 4.93. The largest absolute Gasteiger partial charge is 0.508 e. The fourth-order valence-corrected chi connectivity index (χ4v) is 1.50. The lowest BCUT2D eigenvalue weighted by molar-refractivity contribution is -0.116. The molecular formula is C12H12N2O3. The van der Waals surface area contributed by atoms with Crippen molar-refractivity contribution in [3.05, 3.63) is 41.5 Å². The van der Waals surface area contributed by atoms with Gasteiger partial charge < -0.3 is 9.63 Å². The fraction of sp³-hybridized carbons (Fsp3) is 0.250. The van der Waals surface area contributed by atoms with Crippen LogP contribution >= 0.6 is 0 Å². The zero-order valence-corrected chi connectivity index (χ0v) is 9.38. The number of benzene rings is 1. The molecular weight excluding hydrogens is 220 g/mol. The third kappa shape index (κ3) is 3.14. The van der Waals surface area contributed by atoms with Gasteiger partial charge in [-0.25, -0.2) is 0 Å². The number of rotatable bonds is 4.